The van der Waals surface area contributed by atoms with Crippen LogP contribution < -0.4 is 0 Å². The Bertz CT molecular complexity index is 1030. The van der Waals surface area contributed by atoms with Crippen LogP contribution in [0.4, 0.5) is 0 Å². The lowest BCUT2D eigenvalue weighted by molar-refractivity contribution is 0.147. The van der Waals surface area contributed by atoms with Gasteiger partial charge in [0.05, 0.1) is 23.7 Å². The van der Waals surface area contributed by atoms with Crippen molar-refractivity contribution in [2.75, 3.05) is 11.5 Å². The maximum absolute atomic E-state index is 12.3. The van der Waals surface area contributed by atoms with E-state index in [1.54, 1.807) is 0 Å². The summed E-state index contributed by atoms with van der Waals surface area (Å²) >= 11 is 0. The predicted octanol–water partition coefficient (Wildman–Crippen LogP) is 2.90. The maximum Gasteiger partial charge on any atom is 0.296 e. The van der Waals surface area contributed by atoms with Crippen molar-refractivity contribution in [1.82, 2.24) is 0 Å². The Morgan fingerprint density at radius 2 is 0.865 bits per heavy atom. The molecule has 2 aliphatic carbocycles. The van der Waals surface area contributed by atoms with Crippen molar-refractivity contribution in [3.63, 3.8) is 0 Å². The molecule has 2 fully saturated rings. The zero-order chi connectivity index (χ0) is 27.7. The Morgan fingerprint density at radius 1 is 0.541 bits per heavy atom. The molecule has 0 spiro atoms. The summed E-state index contributed by atoms with van der Waals surface area (Å²) in [5.74, 6) is -1.03. The highest BCUT2D eigenvalue weighted by Crippen LogP contribution is 2.25. The molecule has 37 heavy (non-hydrogen) atoms. The van der Waals surface area contributed by atoms with Gasteiger partial charge in [-0.1, -0.05) is 44.9 Å². The molecule has 220 valence electrons. The van der Waals surface area contributed by atoms with Gasteiger partial charge in [-0.2, -0.15) is 33.7 Å². The molecule has 12 nitrogen and oxygen atoms in total. The minimum Gasteiger partial charge on any atom is -0.265 e. The Balaban J connectivity index is 1.72. The molecular formula is C21H40O12S4. The monoisotopic (exact) mass is 612 g/mol. The predicted molar refractivity (Wildman–Crippen MR) is 136 cm³/mol. The van der Waals surface area contributed by atoms with Crippen molar-refractivity contribution in [3.8, 4) is 0 Å². The van der Waals surface area contributed by atoms with Gasteiger partial charge in [0, 0.05) is 0 Å². The molecule has 2 rings (SSSR count). The second kappa shape index (κ2) is 14.3. The zero-order valence-electron chi connectivity index (χ0n) is 21.4. The molecule has 2 atom stereocenters. The van der Waals surface area contributed by atoms with Crippen LogP contribution in [-0.4, -0.2) is 68.3 Å². The first kappa shape index (κ1) is 32.8. The van der Waals surface area contributed by atoms with Crippen LogP contribution in [0.25, 0.3) is 0 Å². The third-order valence-electron chi connectivity index (χ3n) is 6.31. The van der Waals surface area contributed by atoms with Gasteiger partial charge in [0.25, 0.3) is 40.5 Å². The number of hydrogen-bond donors (Lipinski definition) is 0. The fraction of sp³-hybridized carbons (Fsp3) is 1.00. The molecule has 0 radical (unpaired) electrons. The van der Waals surface area contributed by atoms with E-state index in [0.717, 1.165) is 52.4 Å². The quantitative estimate of drug-likeness (QED) is 0.184. The van der Waals surface area contributed by atoms with Gasteiger partial charge in [0.1, 0.15) is 0 Å². The summed E-state index contributed by atoms with van der Waals surface area (Å²) in [6.07, 6.45) is 6.93. The summed E-state index contributed by atoms with van der Waals surface area (Å²) in [5, 5.41) is 0. The second-order valence-corrected chi connectivity index (χ2v) is 16.7. The molecule has 0 N–H and O–H groups in total. The van der Waals surface area contributed by atoms with Gasteiger partial charge >= 0.3 is 0 Å². The Labute approximate surface area is 222 Å². The van der Waals surface area contributed by atoms with Crippen molar-refractivity contribution in [2.24, 2.45) is 0 Å². The first-order valence-corrected chi connectivity index (χ1v) is 18.9. The van der Waals surface area contributed by atoms with Crippen LogP contribution in [0.1, 0.15) is 97.3 Å². The standard InChI is InChI=1S/C21H40O12S4/c1-18(36(26,27)32-20-12-6-3-7-13-20)30-34(22,23)16-10-5-11-17-35(24,25)31-19(2)37(28,29)33-21-14-8-4-9-15-21/h18-21H,3-17H2,1-2H3. The first-order valence-electron chi connectivity index (χ1n) is 12.8. The van der Waals surface area contributed by atoms with Crippen LogP contribution in [0.3, 0.4) is 0 Å². The molecule has 0 aromatic heterocycles. The van der Waals surface area contributed by atoms with Crippen molar-refractivity contribution in [3.05, 3.63) is 0 Å². The highest BCUT2D eigenvalue weighted by atomic mass is 32.2. The molecular weight excluding hydrogens is 572 g/mol. The van der Waals surface area contributed by atoms with Crippen molar-refractivity contribution < 1.29 is 50.4 Å². The van der Waals surface area contributed by atoms with Crippen molar-refractivity contribution in [1.29, 1.82) is 0 Å². The number of hydrogen-bond acceptors (Lipinski definition) is 12. The normalized spacial score (nSPS) is 21.0. The molecule has 0 aromatic carbocycles. The van der Waals surface area contributed by atoms with Crippen LogP contribution >= 0.6 is 0 Å². The van der Waals surface area contributed by atoms with Gasteiger partial charge in [-0.25, -0.2) is 8.37 Å². The van der Waals surface area contributed by atoms with E-state index in [-0.39, 0.29) is 19.3 Å². The average Bonchev–Trinajstić information content (AvgIpc) is 2.79. The lowest BCUT2D eigenvalue weighted by Crippen LogP contribution is -2.31. The molecule has 2 aliphatic rings. The van der Waals surface area contributed by atoms with E-state index in [4.69, 9.17) is 16.7 Å². The minimum absolute atomic E-state index is 0.00669. The minimum atomic E-state index is -4.24. The van der Waals surface area contributed by atoms with E-state index < -0.39 is 75.1 Å². The highest BCUT2D eigenvalue weighted by Gasteiger charge is 2.33. The molecule has 0 amide bonds. The summed E-state index contributed by atoms with van der Waals surface area (Å²) in [6.45, 7) is 2.18. The number of unbranched alkanes of at least 4 members (excludes halogenated alkanes) is 2. The van der Waals surface area contributed by atoms with E-state index >= 15 is 0 Å². The fourth-order valence-electron chi connectivity index (χ4n) is 4.20. The van der Waals surface area contributed by atoms with Crippen LogP contribution in [0.15, 0.2) is 0 Å². The third-order valence-corrected chi connectivity index (χ3v) is 12.2. The molecule has 0 aliphatic heterocycles. The summed E-state index contributed by atoms with van der Waals surface area (Å²) < 4.78 is 118. The van der Waals surface area contributed by atoms with Crippen LogP contribution in [0, 0.1) is 0 Å². The topological polar surface area (TPSA) is 173 Å². The summed E-state index contributed by atoms with van der Waals surface area (Å²) in [7, 11) is -16.9. The Morgan fingerprint density at radius 3 is 1.19 bits per heavy atom. The summed E-state index contributed by atoms with van der Waals surface area (Å²) in [6, 6.07) is 0. The van der Waals surface area contributed by atoms with Crippen LogP contribution in [-0.2, 0) is 57.2 Å². The van der Waals surface area contributed by atoms with E-state index in [9.17, 15) is 33.7 Å². The van der Waals surface area contributed by atoms with Gasteiger partial charge < -0.3 is 0 Å². The van der Waals surface area contributed by atoms with E-state index in [1.807, 2.05) is 0 Å². The second-order valence-electron chi connectivity index (χ2n) is 9.61. The largest absolute Gasteiger partial charge is 0.296 e. The lowest BCUT2D eigenvalue weighted by Gasteiger charge is -2.23. The maximum atomic E-state index is 12.3. The Kier molecular flexibility index (Phi) is 12.7. The zero-order valence-corrected chi connectivity index (χ0v) is 24.7. The first-order chi connectivity index (χ1) is 17.1. The molecule has 2 saturated carbocycles. The molecule has 2 unspecified atom stereocenters. The summed E-state index contributed by atoms with van der Waals surface area (Å²) in [4.78, 5) is 0. The molecule has 0 saturated heterocycles. The highest BCUT2D eigenvalue weighted by molar-refractivity contribution is 7.90. The van der Waals surface area contributed by atoms with Crippen LogP contribution in [0.2, 0.25) is 0 Å². The third kappa shape index (κ3) is 12.1. The Hall–Kier alpha value is -0.360. The smallest absolute Gasteiger partial charge is 0.265 e. The van der Waals surface area contributed by atoms with Gasteiger partial charge in [-0.15, -0.1) is 0 Å². The van der Waals surface area contributed by atoms with E-state index in [1.165, 1.54) is 0 Å². The van der Waals surface area contributed by atoms with E-state index in [2.05, 4.69) is 0 Å². The lowest BCUT2D eigenvalue weighted by atomic mass is 9.98. The summed E-state index contributed by atoms with van der Waals surface area (Å²) in [5.41, 5.74) is -3.40. The molecule has 0 aromatic rings. The molecule has 0 heterocycles. The molecule has 16 heteroatoms. The van der Waals surface area contributed by atoms with Crippen molar-refractivity contribution in [2.45, 2.75) is 120 Å². The van der Waals surface area contributed by atoms with Crippen LogP contribution in [0.5, 0.6) is 0 Å². The van der Waals surface area contributed by atoms with Gasteiger partial charge in [0.15, 0.2) is 10.9 Å². The SMILES string of the molecule is CC(OS(=O)(=O)CCCCCS(=O)(=O)OC(C)S(=O)(=O)OC1CCCCC1)S(=O)(=O)OC1CCCCC1. The van der Waals surface area contributed by atoms with Gasteiger partial charge in [-0.3, -0.25) is 8.37 Å². The molecule has 0 bridgehead atoms. The van der Waals surface area contributed by atoms with Gasteiger partial charge in [-0.05, 0) is 52.4 Å². The van der Waals surface area contributed by atoms with E-state index in [0.29, 0.717) is 25.7 Å². The number of rotatable bonds is 16. The van der Waals surface area contributed by atoms with Gasteiger partial charge in [0.2, 0.25) is 0 Å². The fourth-order valence-corrected chi connectivity index (χ4v) is 9.28. The average molecular weight is 613 g/mol. The van der Waals surface area contributed by atoms with Crippen molar-refractivity contribution >= 4 is 40.5 Å².